The van der Waals surface area contributed by atoms with E-state index >= 15 is 0 Å². The van der Waals surface area contributed by atoms with Gasteiger partial charge in [0.05, 0.1) is 5.92 Å². The highest BCUT2D eigenvalue weighted by Crippen LogP contribution is 2.26. The van der Waals surface area contributed by atoms with Crippen LogP contribution in [0.1, 0.15) is 6.42 Å². The Morgan fingerprint density at radius 1 is 1.47 bits per heavy atom. The molecule has 0 spiro atoms. The molecule has 5 heteroatoms. The molecule has 2 amide bonds. The molecule has 1 aliphatic heterocycles. The van der Waals surface area contributed by atoms with E-state index < -0.39 is 0 Å². The quantitative estimate of drug-likeness (QED) is 0.863. The Labute approximate surface area is 120 Å². The molecule has 1 aromatic carbocycles. The maximum absolute atomic E-state index is 12.0. The molecule has 0 radical (unpaired) electrons. The molecule has 0 saturated carbocycles. The lowest BCUT2D eigenvalue weighted by atomic mass is 10.1. The Morgan fingerprint density at radius 3 is 2.79 bits per heavy atom. The molecular formula is C14H15BrN2O2. The van der Waals surface area contributed by atoms with Crippen molar-refractivity contribution in [1.82, 2.24) is 5.32 Å². The van der Waals surface area contributed by atoms with Gasteiger partial charge < -0.3 is 10.2 Å². The molecule has 19 heavy (non-hydrogen) atoms. The number of benzene rings is 1. The van der Waals surface area contributed by atoms with E-state index in [1.165, 1.54) is 0 Å². The number of anilines is 1. The van der Waals surface area contributed by atoms with E-state index in [0.29, 0.717) is 13.1 Å². The van der Waals surface area contributed by atoms with Crippen molar-refractivity contribution >= 4 is 33.4 Å². The molecule has 0 aromatic heterocycles. The van der Waals surface area contributed by atoms with E-state index in [1.54, 1.807) is 11.0 Å². The molecule has 0 bridgehead atoms. The first-order chi connectivity index (χ1) is 9.11. The van der Waals surface area contributed by atoms with Crippen molar-refractivity contribution in [3.05, 3.63) is 41.4 Å². The molecular weight excluding hydrogens is 308 g/mol. The number of halogens is 1. The summed E-state index contributed by atoms with van der Waals surface area (Å²) >= 11 is 3.36. The second-order valence-corrected chi connectivity index (χ2v) is 5.33. The lowest BCUT2D eigenvalue weighted by Crippen LogP contribution is -2.32. The van der Waals surface area contributed by atoms with Crippen LogP contribution >= 0.6 is 15.9 Å². The van der Waals surface area contributed by atoms with Gasteiger partial charge in [-0.1, -0.05) is 22.0 Å². The third-order valence-electron chi connectivity index (χ3n) is 3.05. The highest BCUT2D eigenvalue weighted by Gasteiger charge is 2.34. The summed E-state index contributed by atoms with van der Waals surface area (Å²) < 4.78 is 0.961. The molecule has 1 aromatic rings. The molecule has 0 aliphatic carbocycles. The maximum atomic E-state index is 12.0. The summed E-state index contributed by atoms with van der Waals surface area (Å²) in [7, 11) is 0. The molecule has 4 nitrogen and oxygen atoms in total. The smallest absolute Gasteiger partial charge is 0.227 e. The molecule has 1 saturated heterocycles. The zero-order chi connectivity index (χ0) is 13.8. The largest absolute Gasteiger partial charge is 0.352 e. The maximum Gasteiger partial charge on any atom is 0.227 e. The van der Waals surface area contributed by atoms with Gasteiger partial charge in [0, 0.05) is 29.7 Å². The average Bonchev–Trinajstić information content (AvgIpc) is 2.79. The summed E-state index contributed by atoms with van der Waals surface area (Å²) in [5, 5.41) is 2.73. The van der Waals surface area contributed by atoms with Gasteiger partial charge in [0.1, 0.15) is 0 Å². The van der Waals surface area contributed by atoms with Gasteiger partial charge >= 0.3 is 0 Å². The van der Waals surface area contributed by atoms with Crippen molar-refractivity contribution in [3.8, 4) is 0 Å². The zero-order valence-corrected chi connectivity index (χ0v) is 12.0. The van der Waals surface area contributed by atoms with Crippen LogP contribution in [0, 0.1) is 5.92 Å². The van der Waals surface area contributed by atoms with Crippen molar-refractivity contribution in [2.45, 2.75) is 6.42 Å². The standard InChI is InChI=1S/C14H15BrN2O2/c1-2-7-16-14(19)10-8-13(18)17(9-10)12-5-3-11(15)4-6-12/h2-6,10H,1,7-9H2,(H,16,19)/t10-/m1/s1. The lowest BCUT2D eigenvalue weighted by Gasteiger charge is -2.16. The first-order valence-electron chi connectivity index (χ1n) is 6.06. The number of nitrogens with zero attached hydrogens (tertiary/aromatic N) is 1. The van der Waals surface area contributed by atoms with Gasteiger partial charge in [0.25, 0.3) is 0 Å². The van der Waals surface area contributed by atoms with Crippen LogP contribution in [-0.4, -0.2) is 24.9 Å². The van der Waals surface area contributed by atoms with Crippen molar-refractivity contribution in [1.29, 1.82) is 0 Å². The second kappa shape index (κ2) is 6.02. The van der Waals surface area contributed by atoms with Gasteiger partial charge in [-0.15, -0.1) is 6.58 Å². The second-order valence-electron chi connectivity index (χ2n) is 4.42. The third-order valence-corrected chi connectivity index (χ3v) is 3.58. The van der Waals surface area contributed by atoms with Gasteiger partial charge in [-0.2, -0.15) is 0 Å². The number of hydrogen-bond donors (Lipinski definition) is 1. The number of rotatable bonds is 4. The monoisotopic (exact) mass is 322 g/mol. The first kappa shape index (κ1) is 13.8. The average molecular weight is 323 g/mol. The van der Waals surface area contributed by atoms with E-state index in [0.717, 1.165) is 10.2 Å². The topological polar surface area (TPSA) is 49.4 Å². The number of nitrogens with one attached hydrogen (secondary N) is 1. The lowest BCUT2D eigenvalue weighted by molar-refractivity contribution is -0.126. The van der Waals surface area contributed by atoms with Gasteiger partial charge in [-0.3, -0.25) is 9.59 Å². The number of amides is 2. The predicted molar refractivity (Wildman–Crippen MR) is 77.8 cm³/mol. The number of carbonyl (C=O) groups excluding carboxylic acids is 2. The highest BCUT2D eigenvalue weighted by molar-refractivity contribution is 9.10. The van der Waals surface area contributed by atoms with E-state index in [9.17, 15) is 9.59 Å². The van der Waals surface area contributed by atoms with Crippen molar-refractivity contribution in [3.63, 3.8) is 0 Å². The summed E-state index contributed by atoms with van der Waals surface area (Å²) in [6, 6.07) is 7.50. The van der Waals surface area contributed by atoms with Crippen LogP contribution in [0.4, 0.5) is 5.69 Å². The molecule has 1 fully saturated rings. The first-order valence-corrected chi connectivity index (χ1v) is 6.85. The number of carbonyl (C=O) groups is 2. The fourth-order valence-corrected chi connectivity index (χ4v) is 2.34. The summed E-state index contributed by atoms with van der Waals surface area (Å²) in [5.41, 5.74) is 0.826. The molecule has 1 atom stereocenters. The summed E-state index contributed by atoms with van der Waals surface area (Å²) in [4.78, 5) is 25.5. The Balaban J connectivity index is 2.05. The molecule has 0 unspecified atom stereocenters. The SMILES string of the molecule is C=CCNC(=O)[C@@H]1CC(=O)N(c2ccc(Br)cc2)C1. The van der Waals surface area contributed by atoms with Crippen LogP contribution in [0.2, 0.25) is 0 Å². The van der Waals surface area contributed by atoms with Gasteiger partial charge in [-0.25, -0.2) is 0 Å². The predicted octanol–water partition coefficient (Wildman–Crippen LogP) is 2.10. The Kier molecular flexibility index (Phi) is 4.37. The highest BCUT2D eigenvalue weighted by atomic mass is 79.9. The fraction of sp³-hybridized carbons (Fsp3) is 0.286. The number of hydrogen-bond acceptors (Lipinski definition) is 2. The van der Waals surface area contributed by atoms with E-state index in [1.807, 2.05) is 24.3 Å². The Morgan fingerprint density at radius 2 is 2.16 bits per heavy atom. The minimum absolute atomic E-state index is 0.0129. The van der Waals surface area contributed by atoms with Crippen LogP contribution in [0.25, 0.3) is 0 Å². The van der Waals surface area contributed by atoms with E-state index in [4.69, 9.17) is 0 Å². The van der Waals surface area contributed by atoms with Gasteiger partial charge in [0.2, 0.25) is 11.8 Å². The summed E-state index contributed by atoms with van der Waals surface area (Å²) in [5.74, 6) is -0.384. The van der Waals surface area contributed by atoms with E-state index in [2.05, 4.69) is 27.8 Å². The Bertz CT molecular complexity index is 499. The summed E-state index contributed by atoms with van der Waals surface area (Å²) in [6.45, 7) is 4.41. The van der Waals surface area contributed by atoms with Gasteiger partial charge in [-0.05, 0) is 24.3 Å². The van der Waals surface area contributed by atoms with Crippen molar-refractivity contribution in [2.75, 3.05) is 18.0 Å². The summed E-state index contributed by atoms with van der Waals surface area (Å²) in [6.07, 6.45) is 1.89. The van der Waals surface area contributed by atoms with Crippen LogP contribution in [0.15, 0.2) is 41.4 Å². The van der Waals surface area contributed by atoms with Crippen molar-refractivity contribution in [2.24, 2.45) is 5.92 Å². The molecule has 1 heterocycles. The normalized spacial score (nSPS) is 18.5. The molecule has 1 N–H and O–H groups in total. The minimum atomic E-state index is -0.281. The van der Waals surface area contributed by atoms with Gasteiger partial charge in [0.15, 0.2) is 0 Å². The Hall–Kier alpha value is -1.62. The zero-order valence-electron chi connectivity index (χ0n) is 10.4. The van der Waals surface area contributed by atoms with Crippen LogP contribution < -0.4 is 10.2 Å². The molecule has 2 rings (SSSR count). The van der Waals surface area contributed by atoms with E-state index in [-0.39, 0.29) is 24.2 Å². The minimum Gasteiger partial charge on any atom is -0.352 e. The molecule has 1 aliphatic rings. The van der Waals surface area contributed by atoms with Crippen LogP contribution in [0.3, 0.4) is 0 Å². The van der Waals surface area contributed by atoms with Crippen molar-refractivity contribution < 1.29 is 9.59 Å². The van der Waals surface area contributed by atoms with Crippen LogP contribution in [0.5, 0.6) is 0 Å². The third kappa shape index (κ3) is 3.23. The fourth-order valence-electron chi connectivity index (χ4n) is 2.07. The van der Waals surface area contributed by atoms with Crippen LogP contribution in [-0.2, 0) is 9.59 Å². The molecule has 100 valence electrons.